The van der Waals surface area contributed by atoms with E-state index in [1.54, 1.807) is 13.8 Å². The van der Waals surface area contributed by atoms with Gasteiger partial charge in [-0.05, 0) is 31.5 Å². The van der Waals surface area contributed by atoms with Crippen LogP contribution in [0.2, 0.25) is 0 Å². The molecule has 0 bridgehead atoms. The van der Waals surface area contributed by atoms with Crippen molar-refractivity contribution >= 4 is 17.4 Å². The quantitative estimate of drug-likeness (QED) is 0.363. The predicted molar refractivity (Wildman–Crippen MR) is 83.6 cm³/mol. The average molecular weight is 331 g/mol. The topological polar surface area (TPSA) is 86.5 Å². The van der Waals surface area contributed by atoms with E-state index in [4.69, 9.17) is 4.74 Å². The zero-order valence-electron chi connectivity index (χ0n) is 13.0. The first-order valence-electron chi connectivity index (χ1n) is 7.01. The molecule has 2 rings (SSSR count). The number of hydrogen-bond acceptors (Lipinski definition) is 5. The molecule has 2 aromatic carbocycles. The zero-order valence-corrected chi connectivity index (χ0v) is 13.0. The molecule has 0 unspecified atom stereocenters. The molecule has 0 N–H and O–H groups in total. The molecule has 6 nitrogen and oxygen atoms in total. The Kier molecular flexibility index (Phi) is 5.03. The summed E-state index contributed by atoms with van der Waals surface area (Å²) in [7, 11) is 0. The molecule has 7 heteroatoms. The molecular formula is C17H14FNO5. The van der Waals surface area contributed by atoms with Gasteiger partial charge in [0.1, 0.15) is 5.82 Å². The van der Waals surface area contributed by atoms with E-state index in [0.29, 0.717) is 11.1 Å². The standard InChI is InChI=1S/C17H14FNO5/c1-10-3-6-13(7-14(10)18)17(21)24-9-16(20)12-5-4-11(2)15(8-12)19(22)23/h3-8H,9H2,1-2H3. The first-order chi connectivity index (χ1) is 11.3. The lowest BCUT2D eigenvalue weighted by molar-refractivity contribution is -0.385. The highest BCUT2D eigenvalue weighted by Gasteiger charge is 2.17. The number of esters is 1. The summed E-state index contributed by atoms with van der Waals surface area (Å²) in [4.78, 5) is 34.1. The van der Waals surface area contributed by atoms with Crippen LogP contribution < -0.4 is 0 Å². The smallest absolute Gasteiger partial charge is 0.338 e. The van der Waals surface area contributed by atoms with Crippen LogP contribution in [0.15, 0.2) is 36.4 Å². The molecule has 0 aliphatic heterocycles. The van der Waals surface area contributed by atoms with Gasteiger partial charge in [0, 0.05) is 17.2 Å². The molecular weight excluding hydrogens is 317 g/mol. The minimum Gasteiger partial charge on any atom is -0.454 e. The number of hydrogen-bond donors (Lipinski definition) is 0. The summed E-state index contributed by atoms with van der Waals surface area (Å²) >= 11 is 0. The van der Waals surface area contributed by atoms with Crippen molar-refractivity contribution in [3.63, 3.8) is 0 Å². The number of halogens is 1. The number of nitrogens with zero attached hydrogens (tertiary/aromatic N) is 1. The highest BCUT2D eigenvalue weighted by atomic mass is 19.1. The summed E-state index contributed by atoms with van der Waals surface area (Å²) in [6.07, 6.45) is 0. The molecule has 0 aromatic heterocycles. The Morgan fingerprint density at radius 1 is 1.08 bits per heavy atom. The molecule has 0 saturated heterocycles. The van der Waals surface area contributed by atoms with E-state index >= 15 is 0 Å². The molecule has 0 fully saturated rings. The second-order valence-electron chi connectivity index (χ2n) is 5.22. The molecule has 0 spiro atoms. The van der Waals surface area contributed by atoms with E-state index in [2.05, 4.69) is 0 Å². The molecule has 0 amide bonds. The number of benzene rings is 2. The largest absolute Gasteiger partial charge is 0.454 e. The van der Waals surface area contributed by atoms with Crippen LogP contribution in [-0.4, -0.2) is 23.3 Å². The first-order valence-corrected chi connectivity index (χ1v) is 7.01. The Balaban J connectivity index is 2.07. The van der Waals surface area contributed by atoms with Crippen molar-refractivity contribution in [2.45, 2.75) is 13.8 Å². The van der Waals surface area contributed by atoms with E-state index in [-0.39, 0.29) is 16.8 Å². The lowest BCUT2D eigenvalue weighted by Crippen LogP contribution is -2.14. The fraction of sp³-hybridized carbons (Fsp3) is 0.176. The molecule has 0 heterocycles. The molecule has 24 heavy (non-hydrogen) atoms. The molecule has 124 valence electrons. The lowest BCUT2D eigenvalue weighted by atomic mass is 10.1. The van der Waals surface area contributed by atoms with E-state index in [9.17, 15) is 24.1 Å². The third kappa shape index (κ3) is 3.81. The number of carbonyl (C=O) groups is 2. The summed E-state index contributed by atoms with van der Waals surface area (Å²) < 4.78 is 18.3. The van der Waals surface area contributed by atoms with Crippen LogP contribution >= 0.6 is 0 Å². The van der Waals surface area contributed by atoms with Crippen LogP contribution in [0.3, 0.4) is 0 Å². The van der Waals surface area contributed by atoms with Crippen LogP contribution in [0.5, 0.6) is 0 Å². The Labute approximate surface area is 137 Å². The van der Waals surface area contributed by atoms with Crippen molar-refractivity contribution in [3.05, 3.63) is 74.6 Å². The van der Waals surface area contributed by atoms with Crippen LogP contribution in [0.25, 0.3) is 0 Å². The van der Waals surface area contributed by atoms with Gasteiger partial charge in [-0.1, -0.05) is 18.2 Å². The van der Waals surface area contributed by atoms with E-state index in [1.807, 2.05) is 0 Å². The summed E-state index contributed by atoms with van der Waals surface area (Å²) in [6.45, 7) is 2.52. The van der Waals surface area contributed by atoms with Crippen LogP contribution in [0.4, 0.5) is 10.1 Å². The average Bonchev–Trinajstić information content (AvgIpc) is 2.55. The molecule has 0 aliphatic carbocycles. The Morgan fingerprint density at radius 3 is 2.33 bits per heavy atom. The molecule has 0 radical (unpaired) electrons. The van der Waals surface area contributed by atoms with Gasteiger partial charge in [-0.15, -0.1) is 0 Å². The number of nitro groups is 1. The fourth-order valence-electron chi connectivity index (χ4n) is 2.00. The molecule has 0 aliphatic rings. The molecule has 0 atom stereocenters. The van der Waals surface area contributed by atoms with Crippen molar-refractivity contribution in [1.82, 2.24) is 0 Å². The third-order valence-electron chi connectivity index (χ3n) is 3.47. The first kappa shape index (κ1) is 17.3. The summed E-state index contributed by atoms with van der Waals surface area (Å²) in [5, 5.41) is 10.9. The minimum atomic E-state index is -0.844. The highest BCUT2D eigenvalue weighted by Crippen LogP contribution is 2.19. The number of nitro benzene ring substituents is 1. The van der Waals surface area contributed by atoms with Gasteiger partial charge in [0.2, 0.25) is 5.78 Å². The fourth-order valence-corrected chi connectivity index (χ4v) is 2.00. The van der Waals surface area contributed by atoms with Gasteiger partial charge in [0.05, 0.1) is 10.5 Å². The third-order valence-corrected chi connectivity index (χ3v) is 3.47. The monoisotopic (exact) mass is 331 g/mol. The van der Waals surface area contributed by atoms with Gasteiger partial charge in [-0.2, -0.15) is 0 Å². The SMILES string of the molecule is Cc1ccc(C(=O)OCC(=O)c2ccc(C)c([N+](=O)[O-])c2)cc1F. The zero-order chi connectivity index (χ0) is 17.9. The Hall–Kier alpha value is -3.09. The van der Waals surface area contributed by atoms with E-state index < -0.39 is 29.1 Å². The number of ketones is 1. The van der Waals surface area contributed by atoms with Crippen molar-refractivity contribution in [3.8, 4) is 0 Å². The van der Waals surface area contributed by atoms with Crippen molar-refractivity contribution in [2.24, 2.45) is 0 Å². The Bertz CT molecular complexity index is 832. The summed E-state index contributed by atoms with van der Waals surface area (Å²) in [5.74, 6) is -1.98. The van der Waals surface area contributed by atoms with Gasteiger partial charge < -0.3 is 4.74 Å². The summed E-state index contributed by atoms with van der Waals surface area (Å²) in [6, 6.07) is 7.85. The maximum Gasteiger partial charge on any atom is 0.338 e. The maximum absolute atomic E-state index is 13.4. The Morgan fingerprint density at radius 2 is 1.71 bits per heavy atom. The number of ether oxygens (including phenoxy) is 1. The van der Waals surface area contributed by atoms with Crippen LogP contribution in [-0.2, 0) is 4.74 Å². The lowest BCUT2D eigenvalue weighted by Gasteiger charge is -2.06. The number of carbonyl (C=O) groups excluding carboxylic acids is 2. The van der Waals surface area contributed by atoms with Crippen molar-refractivity contribution < 1.29 is 23.6 Å². The van der Waals surface area contributed by atoms with Gasteiger partial charge in [0.25, 0.3) is 5.69 Å². The normalized spacial score (nSPS) is 10.3. The molecule has 2 aromatic rings. The van der Waals surface area contributed by atoms with E-state index in [0.717, 1.165) is 12.1 Å². The minimum absolute atomic E-state index is 0.0132. The van der Waals surface area contributed by atoms with Gasteiger partial charge in [-0.3, -0.25) is 14.9 Å². The number of Topliss-reactive ketones (excluding diaryl/α,β-unsaturated/α-hetero) is 1. The second-order valence-corrected chi connectivity index (χ2v) is 5.22. The number of rotatable bonds is 5. The van der Waals surface area contributed by atoms with Crippen LogP contribution in [0, 0.1) is 29.8 Å². The predicted octanol–water partition coefficient (Wildman–Crippen LogP) is 3.39. The van der Waals surface area contributed by atoms with Gasteiger partial charge >= 0.3 is 5.97 Å². The van der Waals surface area contributed by atoms with Gasteiger partial charge in [0.15, 0.2) is 6.61 Å². The van der Waals surface area contributed by atoms with Gasteiger partial charge in [-0.25, -0.2) is 9.18 Å². The van der Waals surface area contributed by atoms with E-state index in [1.165, 1.54) is 24.3 Å². The van der Waals surface area contributed by atoms with Crippen molar-refractivity contribution in [1.29, 1.82) is 0 Å². The maximum atomic E-state index is 13.4. The highest BCUT2D eigenvalue weighted by molar-refractivity contribution is 5.99. The molecule has 0 saturated carbocycles. The summed E-state index contributed by atoms with van der Waals surface area (Å²) in [5.41, 5.74) is 0.669. The number of aryl methyl sites for hydroxylation is 2. The van der Waals surface area contributed by atoms with Crippen LogP contribution in [0.1, 0.15) is 31.8 Å². The second kappa shape index (κ2) is 6.99. The van der Waals surface area contributed by atoms with Crippen molar-refractivity contribution in [2.75, 3.05) is 6.61 Å².